The van der Waals surface area contributed by atoms with E-state index in [0.717, 1.165) is 48.3 Å². The summed E-state index contributed by atoms with van der Waals surface area (Å²) >= 11 is 0. The van der Waals surface area contributed by atoms with Gasteiger partial charge in [0.1, 0.15) is 11.5 Å². The van der Waals surface area contributed by atoms with Gasteiger partial charge in [0, 0.05) is 36.3 Å². The maximum absolute atomic E-state index is 10.8. The van der Waals surface area contributed by atoms with Gasteiger partial charge in [0.2, 0.25) is 0 Å². The van der Waals surface area contributed by atoms with Crippen LogP contribution in [0.2, 0.25) is 0 Å². The Balaban J connectivity index is 1.61. The van der Waals surface area contributed by atoms with Crippen LogP contribution in [0.25, 0.3) is 11.3 Å². The van der Waals surface area contributed by atoms with E-state index >= 15 is 0 Å². The largest absolute Gasteiger partial charge is 0.396 e. The Morgan fingerprint density at radius 3 is 2.57 bits per heavy atom. The summed E-state index contributed by atoms with van der Waals surface area (Å²) in [6.07, 6.45) is 3.83. The molecule has 3 atom stereocenters. The van der Waals surface area contributed by atoms with Crippen LogP contribution in [-0.2, 0) is 12.8 Å². The molecular formula is C17H18N2O4. The third-order valence-corrected chi connectivity index (χ3v) is 5.37. The fourth-order valence-electron chi connectivity index (χ4n) is 4.03. The molecule has 4 rings (SSSR count). The van der Waals surface area contributed by atoms with Gasteiger partial charge in [-0.2, -0.15) is 0 Å². The van der Waals surface area contributed by atoms with Crippen LogP contribution in [0, 0.1) is 27.9 Å². The molecule has 1 N–H and O–H groups in total. The summed E-state index contributed by atoms with van der Waals surface area (Å²) in [4.78, 5) is 10.4. The molecule has 1 saturated carbocycles. The molecule has 1 fully saturated rings. The van der Waals surface area contributed by atoms with Gasteiger partial charge >= 0.3 is 0 Å². The molecule has 23 heavy (non-hydrogen) atoms. The molecular weight excluding hydrogens is 296 g/mol. The number of aromatic nitrogens is 1. The van der Waals surface area contributed by atoms with Gasteiger partial charge in [-0.15, -0.1) is 0 Å². The van der Waals surface area contributed by atoms with Crippen LogP contribution in [0.1, 0.15) is 24.2 Å². The van der Waals surface area contributed by atoms with Crippen LogP contribution >= 0.6 is 0 Å². The zero-order valence-electron chi connectivity index (χ0n) is 12.6. The number of aliphatic hydroxyl groups excluding tert-OH is 1. The van der Waals surface area contributed by atoms with Gasteiger partial charge < -0.3 is 9.63 Å². The Labute approximate surface area is 133 Å². The van der Waals surface area contributed by atoms with Crippen molar-refractivity contribution in [1.82, 2.24) is 5.16 Å². The van der Waals surface area contributed by atoms with Crippen molar-refractivity contribution in [3.05, 3.63) is 45.7 Å². The van der Waals surface area contributed by atoms with Gasteiger partial charge in [0.25, 0.3) is 5.69 Å². The van der Waals surface area contributed by atoms with Crippen molar-refractivity contribution in [3.63, 3.8) is 0 Å². The standard InChI is InChI=1S/C17H18N2O4/c20-9-15-12-5-6-14-16(8-7-13(12)15)23-18-17(14)10-1-3-11(4-2-10)19(21)22/h1-4,12-13,15,20H,5-9H2/t12-,13+,15-/m0/s1. The normalized spacial score (nSPS) is 25.9. The molecule has 0 unspecified atom stereocenters. The minimum atomic E-state index is -0.403. The molecule has 0 bridgehead atoms. The first-order chi connectivity index (χ1) is 11.2. The highest BCUT2D eigenvalue weighted by Crippen LogP contribution is 2.53. The van der Waals surface area contributed by atoms with Crippen molar-refractivity contribution < 1.29 is 14.6 Å². The highest BCUT2D eigenvalue weighted by Gasteiger charge is 2.49. The van der Waals surface area contributed by atoms with E-state index in [2.05, 4.69) is 5.16 Å². The lowest BCUT2D eigenvalue weighted by atomic mass is 9.95. The van der Waals surface area contributed by atoms with E-state index < -0.39 is 4.92 Å². The van der Waals surface area contributed by atoms with Crippen LogP contribution in [0.5, 0.6) is 0 Å². The fourth-order valence-corrected chi connectivity index (χ4v) is 4.03. The van der Waals surface area contributed by atoms with Crippen molar-refractivity contribution >= 4 is 5.69 Å². The monoisotopic (exact) mass is 314 g/mol. The molecule has 1 aromatic carbocycles. The first kappa shape index (κ1) is 14.4. The van der Waals surface area contributed by atoms with Gasteiger partial charge in [-0.25, -0.2) is 0 Å². The zero-order chi connectivity index (χ0) is 16.0. The number of fused-ring (bicyclic) bond motifs is 2. The second-order valence-corrected chi connectivity index (χ2v) is 6.49. The van der Waals surface area contributed by atoms with Crippen LogP contribution < -0.4 is 0 Å². The minimum Gasteiger partial charge on any atom is -0.396 e. The number of nitro groups is 1. The van der Waals surface area contributed by atoms with E-state index in [4.69, 9.17) is 4.52 Å². The van der Waals surface area contributed by atoms with E-state index in [1.54, 1.807) is 12.1 Å². The molecule has 0 saturated heterocycles. The van der Waals surface area contributed by atoms with Gasteiger partial charge in [0.15, 0.2) is 0 Å². The van der Waals surface area contributed by atoms with Crippen molar-refractivity contribution in [2.24, 2.45) is 17.8 Å². The summed E-state index contributed by atoms with van der Waals surface area (Å²) in [7, 11) is 0. The molecule has 2 aromatic rings. The Kier molecular flexibility index (Phi) is 3.41. The maximum Gasteiger partial charge on any atom is 0.269 e. The average molecular weight is 314 g/mol. The summed E-state index contributed by atoms with van der Waals surface area (Å²) in [5.74, 6) is 2.63. The van der Waals surface area contributed by atoms with Crippen LogP contribution in [0.4, 0.5) is 5.69 Å². The highest BCUT2D eigenvalue weighted by molar-refractivity contribution is 5.65. The summed E-state index contributed by atoms with van der Waals surface area (Å²) < 4.78 is 5.54. The minimum absolute atomic E-state index is 0.0757. The molecule has 0 radical (unpaired) electrons. The number of aliphatic hydroxyl groups is 1. The number of benzene rings is 1. The molecule has 120 valence electrons. The molecule has 0 spiro atoms. The lowest BCUT2D eigenvalue weighted by Gasteiger charge is -2.08. The number of nitro benzene ring substituents is 1. The van der Waals surface area contributed by atoms with Gasteiger partial charge in [-0.3, -0.25) is 10.1 Å². The zero-order valence-corrected chi connectivity index (χ0v) is 12.6. The molecule has 0 amide bonds. The third kappa shape index (κ3) is 2.43. The predicted octanol–water partition coefficient (Wildman–Crippen LogP) is 2.98. The predicted molar refractivity (Wildman–Crippen MR) is 82.8 cm³/mol. The lowest BCUT2D eigenvalue weighted by Crippen LogP contribution is -2.00. The average Bonchev–Trinajstić information content (AvgIpc) is 3.06. The number of hydrogen-bond acceptors (Lipinski definition) is 5. The molecule has 2 aliphatic carbocycles. The molecule has 6 nitrogen and oxygen atoms in total. The first-order valence-electron chi connectivity index (χ1n) is 8.02. The van der Waals surface area contributed by atoms with Gasteiger partial charge in [-0.05, 0) is 49.1 Å². The molecule has 1 heterocycles. The summed E-state index contributed by atoms with van der Waals surface area (Å²) in [6, 6.07) is 6.45. The summed E-state index contributed by atoms with van der Waals surface area (Å²) in [6.45, 7) is 0.282. The Morgan fingerprint density at radius 1 is 1.22 bits per heavy atom. The highest BCUT2D eigenvalue weighted by atomic mass is 16.6. The molecule has 0 aliphatic heterocycles. The van der Waals surface area contributed by atoms with E-state index in [9.17, 15) is 15.2 Å². The fraction of sp³-hybridized carbons (Fsp3) is 0.471. The Morgan fingerprint density at radius 2 is 1.91 bits per heavy atom. The number of hydrogen-bond donors (Lipinski definition) is 1. The molecule has 2 aliphatic rings. The number of aryl methyl sites for hydroxylation is 1. The molecule has 6 heteroatoms. The Bertz CT molecular complexity index is 738. The third-order valence-electron chi connectivity index (χ3n) is 5.37. The van der Waals surface area contributed by atoms with Crippen LogP contribution in [0.15, 0.2) is 28.8 Å². The number of non-ortho nitro benzene ring substituents is 1. The van der Waals surface area contributed by atoms with E-state index in [-0.39, 0.29) is 12.3 Å². The van der Waals surface area contributed by atoms with Crippen LogP contribution in [0.3, 0.4) is 0 Å². The van der Waals surface area contributed by atoms with Crippen molar-refractivity contribution in [2.75, 3.05) is 6.61 Å². The van der Waals surface area contributed by atoms with Crippen molar-refractivity contribution in [3.8, 4) is 11.3 Å². The van der Waals surface area contributed by atoms with Crippen molar-refractivity contribution in [1.29, 1.82) is 0 Å². The van der Waals surface area contributed by atoms with E-state index in [1.807, 2.05) is 0 Å². The molecule has 1 aromatic heterocycles. The summed E-state index contributed by atoms with van der Waals surface area (Å²) in [5.41, 5.74) is 2.86. The first-order valence-corrected chi connectivity index (χ1v) is 8.02. The smallest absolute Gasteiger partial charge is 0.269 e. The number of nitrogens with zero attached hydrogens (tertiary/aromatic N) is 2. The maximum atomic E-state index is 10.8. The SMILES string of the molecule is O=[N+]([O-])c1ccc(-c2noc3c2CC[C@@H]2[C@H](CO)[C@@H]2CC3)cc1. The quantitative estimate of drug-likeness (QED) is 0.695. The van der Waals surface area contributed by atoms with E-state index in [1.165, 1.54) is 12.1 Å². The lowest BCUT2D eigenvalue weighted by molar-refractivity contribution is -0.384. The van der Waals surface area contributed by atoms with Gasteiger partial charge in [0.05, 0.1) is 4.92 Å². The number of rotatable bonds is 3. The van der Waals surface area contributed by atoms with Crippen LogP contribution in [-0.4, -0.2) is 21.8 Å². The Hall–Kier alpha value is -2.21. The van der Waals surface area contributed by atoms with Gasteiger partial charge in [-0.1, -0.05) is 5.16 Å². The summed E-state index contributed by atoms with van der Waals surface area (Å²) in [5, 5.41) is 24.4. The second-order valence-electron chi connectivity index (χ2n) is 6.49. The van der Waals surface area contributed by atoms with Crippen molar-refractivity contribution in [2.45, 2.75) is 25.7 Å². The second kappa shape index (κ2) is 5.45. The topological polar surface area (TPSA) is 89.4 Å². The van der Waals surface area contributed by atoms with E-state index in [0.29, 0.717) is 17.8 Å².